The van der Waals surface area contributed by atoms with Crippen LogP contribution in [0.1, 0.15) is 29.5 Å². The summed E-state index contributed by atoms with van der Waals surface area (Å²) in [6, 6.07) is 10.8. The molecule has 2 rings (SSSR count). The molecule has 0 aliphatic carbocycles. The number of carbonyl (C=O) groups is 1. The quantitative estimate of drug-likeness (QED) is 0.672. The van der Waals surface area contributed by atoms with Crippen molar-refractivity contribution in [3.63, 3.8) is 0 Å². The van der Waals surface area contributed by atoms with Crippen molar-refractivity contribution in [1.29, 1.82) is 0 Å². The predicted molar refractivity (Wildman–Crippen MR) is 76.0 cm³/mol. The average Bonchev–Trinajstić information content (AvgIpc) is 3.02. The van der Waals surface area contributed by atoms with Gasteiger partial charge in [0, 0.05) is 0 Å². The Hall–Kier alpha value is -2.56. The van der Waals surface area contributed by atoms with Crippen LogP contribution in [-0.2, 0) is 0 Å². The van der Waals surface area contributed by atoms with Gasteiger partial charge in [-0.2, -0.15) is 5.10 Å². The van der Waals surface area contributed by atoms with Gasteiger partial charge in [-0.05, 0) is 48.4 Å². The number of nitrogens with zero attached hydrogens (tertiary/aromatic N) is 1. The van der Waals surface area contributed by atoms with Crippen LogP contribution < -0.4 is 10.2 Å². The van der Waals surface area contributed by atoms with E-state index in [1.807, 2.05) is 31.2 Å². The van der Waals surface area contributed by atoms with Gasteiger partial charge in [-0.15, -0.1) is 0 Å². The molecule has 2 aromatic rings. The second-order valence-corrected chi connectivity index (χ2v) is 4.06. The molecule has 1 aromatic carbocycles. The molecule has 1 amide bonds. The number of methoxy groups -OCH3 is 1. The molecule has 0 saturated heterocycles. The maximum Gasteiger partial charge on any atom is 0.307 e. The van der Waals surface area contributed by atoms with Crippen LogP contribution in [0, 0.1) is 0 Å². The van der Waals surface area contributed by atoms with E-state index in [1.165, 1.54) is 6.26 Å². The van der Waals surface area contributed by atoms with E-state index in [1.54, 1.807) is 19.2 Å². The van der Waals surface area contributed by atoms with Crippen molar-refractivity contribution in [2.75, 3.05) is 7.11 Å². The third-order valence-electron chi connectivity index (χ3n) is 2.80. The first-order valence-corrected chi connectivity index (χ1v) is 6.29. The summed E-state index contributed by atoms with van der Waals surface area (Å²) in [7, 11) is 1.62. The van der Waals surface area contributed by atoms with E-state index in [0.29, 0.717) is 6.42 Å². The monoisotopic (exact) mass is 272 g/mol. The number of carbonyl (C=O) groups excluding carboxylic acids is 1. The van der Waals surface area contributed by atoms with Gasteiger partial charge in [0.1, 0.15) is 5.75 Å². The molecule has 0 radical (unpaired) electrons. The molecule has 104 valence electrons. The Labute approximate surface area is 117 Å². The van der Waals surface area contributed by atoms with Gasteiger partial charge in [-0.25, -0.2) is 5.43 Å². The normalized spacial score (nSPS) is 11.2. The highest BCUT2D eigenvalue weighted by Gasteiger charge is 2.08. The molecule has 0 unspecified atom stereocenters. The van der Waals surface area contributed by atoms with E-state index in [2.05, 4.69) is 10.5 Å². The number of amides is 1. The number of hydrogen-bond donors (Lipinski definition) is 1. The van der Waals surface area contributed by atoms with E-state index in [0.717, 1.165) is 17.0 Å². The Balaban J connectivity index is 2.10. The van der Waals surface area contributed by atoms with Gasteiger partial charge in [0.05, 0.1) is 19.1 Å². The van der Waals surface area contributed by atoms with Crippen molar-refractivity contribution in [3.05, 3.63) is 54.0 Å². The second-order valence-electron chi connectivity index (χ2n) is 4.06. The highest BCUT2D eigenvalue weighted by Crippen LogP contribution is 2.13. The summed E-state index contributed by atoms with van der Waals surface area (Å²) in [5.74, 6) is 0.650. The zero-order chi connectivity index (χ0) is 14.4. The van der Waals surface area contributed by atoms with Crippen LogP contribution in [0.4, 0.5) is 0 Å². The first-order valence-electron chi connectivity index (χ1n) is 6.29. The van der Waals surface area contributed by atoms with Crippen molar-refractivity contribution < 1.29 is 13.9 Å². The molecule has 0 bridgehead atoms. The van der Waals surface area contributed by atoms with Gasteiger partial charge in [0.15, 0.2) is 5.76 Å². The fourth-order valence-corrected chi connectivity index (χ4v) is 1.71. The Morgan fingerprint density at radius 1 is 1.30 bits per heavy atom. The minimum atomic E-state index is -0.366. The van der Waals surface area contributed by atoms with E-state index in [4.69, 9.17) is 9.15 Å². The van der Waals surface area contributed by atoms with Crippen LogP contribution in [0.3, 0.4) is 0 Å². The third-order valence-corrected chi connectivity index (χ3v) is 2.80. The van der Waals surface area contributed by atoms with Gasteiger partial charge in [0.25, 0.3) is 0 Å². The molecular formula is C15H16N2O3. The number of hydrogen-bond acceptors (Lipinski definition) is 4. The maximum atomic E-state index is 11.7. The smallest absolute Gasteiger partial charge is 0.307 e. The average molecular weight is 272 g/mol. The number of ether oxygens (including phenoxy) is 1. The van der Waals surface area contributed by atoms with Gasteiger partial charge < -0.3 is 9.15 Å². The minimum absolute atomic E-state index is 0.235. The Bertz CT molecular complexity index is 586. The fourth-order valence-electron chi connectivity index (χ4n) is 1.71. The van der Waals surface area contributed by atoms with E-state index >= 15 is 0 Å². The first kappa shape index (κ1) is 13.9. The van der Waals surface area contributed by atoms with Crippen molar-refractivity contribution in [2.45, 2.75) is 13.3 Å². The summed E-state index contributed by atoms with van der Waals surface area (Å²) in [4.78, 5) is 11.7. The maximum absolute atomic E-state index is 11.7. The summed E-state index contributed by atoms with van der Waals surface area (Å²) < 4.78 is 10.1. The molecule has 0 saturated carbocycles. The SMILES string of the molecule is CCC(=NNC(=O)c1ccco1)c1ccc(OC)cc1. The molecule has 0 spiro atoms. The molecule has 5 nitrogen and oxygen atoms in total. The van der Waals surface area contributed by atoms with Crippen LogP contribution in [-0.4, -0.2) is 18.7 Å². The zero-order valence-electron chi connectivity index (χ0n) is 11.4. The van der Waals surface area contributed by atoms with Crippen LogP contribution >= 0.6 is 0 Å². The lowest BCUT2D eigenvalue weighted by atomic mass is 10.1. The predicted octanol–water partition coefficient (Wildman–Crippen LogP) is 2.83. The zero-order valence-corrected chi connectivity index (χ0v) is 11.4. The molecule has 0 atom stereocenters. The number of benzene rings is 1. The summed E-state index contributed by atoms with van der Waals surface area (Å²) in [5.41, 5.74) is 4.21. The molecule has 0 aliphatic heterocycles. The van der Waals surface area contributed by atoms with Crippen LogP contribution in [0.5, 0.6) is 5.75 Å². The number of nitrogens with one attached hydrogen (secondary N) is 1. The van der Waals surface area contributed by atoms with Crippen molar-refractivity contribution in [3.8, 4) is 5.75 Å². The molecule has 20 heavy (non-hydrogen) atoms. The highest BCUT2D eigenvalue weighted by atomic mass is 16.5. The van der Waals surface area contributed by atoms with Crippen LogP contribution in [0.15, 0.2) is 52.2 Å². The first-order chi connectivity index (χ1) is 9.74. The third kappa shape index (κ3) is 3.26. The lowest BCUT2D eigenvalue weighted by Gasteiger charge is -2.06. The molecule has 5 heteroatoms. The standard InChI is InChI=1S/C15H16N2O3/c1-3-13(11-6-8-12(19-2)9-7-11)16-17-15(18)14-5-4-10-20-14/h4-10H,3H2,1-2H3,(H,17,18). The van der Waals surface area contributed by atoms with E-state index < -0.39 is 0 Å². The highest BCUT2D eigenvalue weighted by molar-refractivity contribution is 6.01. The number of rotatable bonds is 5. The molecule has 0 aliphatic rings. The number of hydrazone groups is 1. The summed E-state index contributed by atoms with van der Waals surface area (Å²) in [5, 5.41) is 4.14. The van der Waals surface area contributed by atoms with E-state index in [9.17, 15) is 4.79 Å². The second kappa shape index (κ2) is 6.56. The summed E-state index contributed by atoms with van der Waals surface area (Å²) >= 11 is 0. The van der Waals surface area contributed by atoms with Gasteiger partial charge in [-0.1, -0.05) is 6.92 Å². The molecular weight excluding hydrogens is 256 g/mol. The number of furan rings is 1. The van der Waals surface area contributed by atoms with Gasteiger partial charge >= 0.3 is 5.91 Å². The summed E-state index contributed by atoms with van der Waals surface area (Å²) in [6.45, 7) is 1.97. The fraction of sp³-hybridized carbons (Fsp3) is 0.200. The lowest BCUT2D eigenvalue weighted by molar-refractivity contribution is 0.0927. The van der Waals surface area contributed by atoms with Gasteiger partial charge in [-0.3, -0.25) is 4.79 Å². The van der Waals surface area contributed by atoms with Gasteiger partial charge in [0.2, 0.25) is 0 Å². The summed E-state index contributed by atoms with van der Waals surface area (Å²) in [6.07, 6.45) is 2.15. The Kier molecular flexibility index (Phi) is 4.55. The molecule has 1 heterocycles. The van der Waals surface area contributed by atoms with Crippen LogP contribution in [0.25, 0.3) is 0 Å². The minimum Gasteiger partial charge on any atom is -0.497 e. The Morgan fingerprint density at radius 2 is 2.05 bits per heavy atom. The molecule has 1 aromatic heterocycles. The van der Waals surface area contributed by atoms with Crippen molar-refractivity contribution >= 4 is 11.6 Å². The molecule has 1 N–H and O–H groups in total. The van der Waals surface area contributed by atoms with Crippen LogP contribution in [0.2, 0.25) is 0 Å². The topological polar surface area (TPSA) is 63.8 Å². The molecule has 0 fully saturated rings. The largest absolute Gasteiger partial charge is 0.497 e. The Morgan fingerprint density at radius 3 is 2.60 bits per heavy atom. The van der Waals surface area contributed by atoms with E-state index in [-0.39, 0.29) is 11.7 Å². The lowest BCUT2D eigenvalue weighted by Crippen LogP contribution is -2.19. The van der Waals surface area contributed by atoms with Crippen molar-refractivity contribution in [2.24, 2.45) is 5.10 Å². The van der Waals surface area contributed by atoms with Crippen molar-refractivity contribution in [1.82, 2.24) is 5.43 Å².